The lowest BCUT2D eigenvalue weighted by Crippen LogP contribution is -2.02. The standard InChI is InChI=1S/C12H9ClO2/c1-2-3-8-11(14)9-6-4-5-7-10(9)12(13)15/h2-8H,1H2. The van der Waals surface area contributed by atoms with Gasteiger partial charge < -0.3 is 0 Å². The monoisotopic (exact) mass is 220 g/mol. The zero-order valence-electron chi connectivity index (χ0n) is 7.94. The first-order chi connectivity index (χ1) is 7.16. The molecule has 0 radical (unpaired) electrons. The number of allylic oxidation sites excluding steroid dienone is 3. The molecule has 0 aromatic heterocycles. The lowest BCUT2D eigenvalue weighted by Gasteiger charge is -2.00. The van der Waals surface area contributed by atoms with Gasteiger partial charge >= 0.3 is 0 Å². The highest BCUT2D eigenvalue weighted by Crippen LogP contribution is 2.12. The Labute approximate surface area is 92.9 Å². The molecular weight excluding hydrogens is 212 g/mol. The molecule has 0 aliphatic heterocycles. The number of rotatable bonds is 4. The minimum atomic E-state index is -0.633. The van der Waals surface area contributed by atoms with Crippen molar-refractivity contribution in [3.8, 4) is 0 Å². The summed E-state index contributed by atoms with van der Waals surface area (Å²) in [5.41, 5.74) is 0.522. The van der Waals surface area contributed by atoms with Gasteiger partial charge in [0.25, 0.3) is 5.24 Å². The van der Waals surface area contributed by atoms with Crippen LogP contribution in [0.2, 0.25) is 0 Å². The maximum Gasteiger partial charge on any atom is 0.253 e. The molecular formula is C12H9ClO2. The first-order valence-corrected chi connectivity index (χ1v) is 4.67. The fourth-order valence-corrected chi connectivity index (χ4v) is 1.28. The quantitative estimate of drug-likeness (QED) is 0.338. The Morgan fingerprint density at radius 1 is 1.20 bits per heavy atom. The Morgan fingerprint density at radius 3 is 2.33 bits per heavy atom. The Hall–Kier alpha value is -1.67. The summed E-state index contributed by atoms with van der Waals surface area (Å²) in [4.78, 5) is 22.6. The second kappa shape index (κ2) is 5.27. The topological polar surface area (TPSA) is 34.1 Å². The summed E-state index contributed by atoms with van der Waals surface area (Å²) in [6, 6.07) is 6.41. The smallest absolute Gasteiger partial charge is 0.253 e. The average Bonchev–Trinajstić information content (AvgIpc) is 2.25. The molecule has 2 nitrogen and oxygen atoms in total. The largest absolute Gasteiger partial charge is 0.289 e. The van der Waals surface area contributed by atoms with Crippen LogP contribution < -0.4 is 0 Å². The minimum Gasteiger partial charge on any atom is -0.289 e. The van der Waals surface area contributed by atoms with Gasteiger partial charge in [0, 0.05) is 11.1 Å². The van der Waals surface area contributed by atoms with E-state index < -0.39 is 5.24 Å². The second-order valence-corrected chi connectivity index (χ2v) is 3.12. The molecule has 0 bridgehead atoms. The minimum absolute atomic E-state index is 0.220. The molecule has 1 aromatic rings. The van der Waals surface area contributed by atoms with Gasteiger partial charge in [-0.05, 0) is 23.7 Å². The highest BCUT2D eigenvalue weighted by atomic mass is 35.5. The number of carbonyl (C=O) groups excluding carboxylic acids is 2. The summed E-state index contributed by atoms with van der Waals surface area (Å²) in [7, 11) is 0. The van der Waals surface area contributed by atoms with Crippen LogP contribution in [0.15, 0.2) is 49.1 Å². The first kappa shape index (κ1) is 11.4. The summed E-state index contributed by atoms with van der Waals surface area (Å²) in [6.07, 6.45) is 4.34. The molecule has 0 aliphatic carbocycles. The number of halogens is 1. The molecule has 15 heavy (non-hydrogen) atoms. The van der Waals surface area contributed by atoms with Gasteiger partial charge in [0.15, 0.2) is 5.78 Å². The van der Waals surface area contributed by atoms with Crippen LogP contribution in [-0.4, -0.2) is 11.0 Å². The molecule has 0 N–H and O–H groups in total. The van der Waals surface area contributed by atoms with Crippen LogP contribution in [0.3, 0.4) is 0 Å². The molecule has 3 heteroatoms. The third kappa shape index (κ3) is 2.89. The van der Waals surface area contributed by atoms with Crippen LogP contribution in [0, 0.1) is 0 Å². The van der Waals surface area contributed by atoms with Gasteiger partial charge in [-0.1, -0.05) is 36.9 Å². The molecule has 1 rings (SSSR count). The van der Waals surface area contributed by atoms with E-state index in [0.29, 0.717) is 5.56 Å². The molecule has 76 valence electrons. The van der Waals surface area contributed by atoms with Crippen molar-refractivity contribution in [3.63, 3.8) is 0 Å². The molecule has 0 unspecified atom stereocenters. The number of ketones is 1. The van der Waals surface area contributed by atoms with Crippen molar-refractivity contribution in [2.45, 2.75) is 0 Å². The van der Waals surface area contributed by atoms with E-state index in [4.69, 9.17) is 11.6 Å². The van der Waals surface area contributed by atoms with Crippen molar-refractivity contribution in [2.75, 3.05) is 0 Å². The average molecular weight is 221 g/mol. The van der Waals surface area contributed by atoms with Gasteiger partial charge in [0.2, 0.25) is 0 Å². The highest BCUT2D eigenvalue weighted by molar-refractivity contribution is 6.68. The van der Waals surface area contributed by atoms with E-state index in [9.17, 15) is 9.59 Å². The van der Waals surface area contributed by atoms with Crippen LogP contribution in [-0.2, 0) is 0 Å². The van der Waals surface area contributed by atoms with Crippen molar-refractivity contribution in [2.24, 2.45) is 0 Å². The molecule has 0 saturated heterocycles. The van der Waals surface area contributed by atoms with E-state index >= 15 is 0 Å². The normalized spacial score (nSPS) is 10.2. The maximum absolute atomic E-state index is 11.6. The SMILES string of the molecule is C=CC=CC(=O)c1ccccc1C(=O)Cl. The zero-order valence-corrected chi connectivity index (χ0v) is 8.70. The van der Waals surface area contributed by atoms with Gasteiger partial charge in [0.05, 0.1) is 0 Å². The number of hydrogen-bond donors (Lipinski definition) is 0. The van der Waals surface area contributed by atoms with Gasteiger partial charge in [-0.2, -0.15) is 0 Å². The molecule has 0 spiro atoms. The van der Waals surface area contributed by atoms with Crippen molar-refractivity contribution in [1.82, 2.24) is 0 Å². The predicted octanol–water partition coefficient (Wildman–Crippen LogP) is 2.99. The van der Waals surface area contributed by atoms with Gasteiger partial charge in [-0.15, -0.1) is 0 Å². The first-order valence-electron chi connectivity index (χ1n) is 4.29. The van der Waals surface area contributed by atoms with Crippen molar-refractivity contribution >= 4 is 22.6 Å². The zero-order chi connectivity index (χ0) is 11.3. The Bertz CT molecular complexity index is 433. The van der Waals surface area contributed by atoms with Crippen LogP contribution in [0.1, 0.15) is 20.7 Å². The van der Waals surface area contributed by atoms with Gasteiger partial charge in [-0.3, -0.25) is 9.59 Å². The van der Waals surface area contributed by atoms with E-state index in [1.165, 1.54) is 24.3 Å². The summed E-state index contributed by atoms with van der Waals surface area (Å²) in [5.74, 6) is -0.264. The number of carbonyl (C=O) groups is 2. The van der Waals surface area contributed by atoms with Crippen molar-refractivity contribution in [3.05, 3.63) is 60.2 Å². The fraction of sp³-hybridized carbons (Fsp3) is 0. The van der Waals surface area contributed by atoms with Gasteiger partial charge in [0.1, 0.15) is 0 Å². The van der Waals surface area contributed by atoms with E-state index in [1.54, 1.807) is 18.2 Å². The van der Waals surface area contributed by atoms with Crippen LogP contribution in [0.4, 0.5) is 0 Å². The molecule has 0 atom stereocenters. The molecule has 0 aliphatic rings. The maximum atomic E-state index is 11.6. The lowest BCUT2D eigenvalue weighted by molar-refractivity contribution is 0.102. The van der Waals surface area contributed by atoms with Gasteiger partial charge in [-0.25, -0.2) is 0 Å². The third-order valence-corrected chi connectivity index (χ3v) is 1.99. The van der Waals surface area contributed by atoms with E-state index in [1.807, 2.05) is 0 Å². The molecule has 0 heterocycles. The summed E-state index contributed by atoms with van der Waals surface area (Å²) in [6.45, 7) is 3.45. The van der Waals surface area contributed by atoms with Crippen LogP contribution in [0.5, 0.6) is 0 Å². The second-order valence-electron chi connectivity index (χ2n) is 2.78. The van der Waals surface area contributed by atoms with Crippen LogP contribution in [0.25, 0.3) is 0 Å². The summed E-state index contributed by atoms with van der Waals surface area (Å²) in [5, 5.41) is -0.633. The third-order valence-electron chi connectivity index (χ3n) is 1.79. The van der Waals surface area contributed by atoms with E-state index in [-0.39, 0.29) is 11.3 Å². The Kier molecular flexibility index (Phi) is 4.01. The molecule has 1 aromatic carbocycles. The van der Waals surface area contributed by atoms with E-state index in [2.05, 4.69) is 6.58 Å². The molecule has 0 saturated carbocycles. The Morgan fingerprint density at radius 2 is 1.80 bits per heavy atom. The van der Waals surface area contributed by atoms with Crippen LogP contribution >= 0.6 is 11.6 Å². The summed E-state index contributed by atoms with van der Waals surface area (Å²) >= 11 is 5.35. The van der Waals surface area contributed by atoms with Crippen molar-refractivity contribution in [1.29, 1.82) is 0 Å². The predicted molar refractivity (Wildman–Crippen MR) is 60.3 cm³/mol. The molecule has 0 fully saturated rings. The lowest BCUT2D eigenvalue weighted by atomic mass is 10.0. The number of benzene rings is 1. The van der Waals surface area contributed by atoms with Crippen molar-refractivity contribution < 1.29 is 9.59 Å². The number of hydrogen-bond acceptors (Lipinski definition) is 2. The molecule has 0 amide bonds. The van der Waals surface area contributed by atoms with E-state index in [0.717, 1.165) is 0 Å². The summed E-state index contributed by atoms with van der Waals surface area (Å²) < 4.78 is 0. The Balaban J connectivity index is 3.13. The fourth-order valence-electron chi connectivity index (χ4n) is 1.11. The highest BCUT2D eigenvalue weighted by Gasteiger charge is 2.12.